The maximum absolute atomic E-state index is 12.1. The first-order valence-corrected chi connectivity index (χ1v) is 17.9. The second kappa shape index (κ2) is 10.8. The molecular formula is C28H40N6O3SSi. The van der Waals surface area contributed by atoms with Crippen LogP contribution in [-0.2, 0) is 9.22 Å². The first-order chi connectivity index (χ1) is 18.5. The van der Waals surface area contributed by atoms with Crippen LogP contribution < -0.4 is 5.32 Å². The molecule has 2 fully saturated rings. The molecular weight excluding hydrogens is 529 g/mol. The third-order valence-corrected chi connectivity index (χ3v) is 14.0. The SMILES string of the molecule is CCCSc1nc(NC2CC2c2ccccc2)c2nnn(C3CC(C(=O)O)CC3O[Si](C)(C)C(C)(C)C)c2n1. The van der Waals surface area contributed by atoms with E-state index in [4.69, 9.17) is 14.4 Å². The molecule has 11 heteroatoms. The second-order valence-corrected chi connectivity index (χ2v) is 18.2. The summed E-state index contributed by atoms with van der Waals surface area (Å²) in [6, 6.07) is 10.6. The average Bonchev–Trinajstić information content (AvgIpc) is 3.31. The number of nitrogens with one attached hydrogen (secondary N) is 1. The Hall–Kier alpha value is -2.50. The topological polar surface area (TPSA) is 115 Å². The molecule has 2 aliphatic carbocycles. The molecule has 0 saturated heterocycles. The Morgan fingerprint density at radius 2 is 1.92 bits per heavy atom. The van der Waals surface area contributed by atoms with E-state index < -0.39 is 20.2 Å². The molecule has 0 bridgehead atoms. The summed E-state index contributed by atoms with van der Waals surface area (Å²) in [5, 5.41) is 23.3. The Morgan fingerprint density at radius 1 is 1.18 bits per heavy atom. The van der Waals surface area contributed by atoms with Crippen molar-refractivity contribution >= 4 is 43.0 Å². The number of aliphatic carboxylic acids is 1. The highest BCUT2D eigenvalue weighted by molar-refractivity contribution is 7.99. The van der Waals surface area contributed by atoms with E-state index in [2.05, 4.69) is 80.7 Å². The summed E-state index contributed by atoms with van der Waals surface area (Å²) in [6.07, 6.45) is 2.68. The van der Waals surface area contributed by atoms with Gasteiger partial charge in [0.25, 0.3) is 0 Å². The quantitative estimate of drug-likeness (QED) is 0.170. The Balaban J connectivity index is 1.49. The summed E-state index contributed by atoms with van der Waals surface area (Å²) >= 11 is 1.62. The Kier molecular flexibility index (Phi) is 7.78. The van der Waals surface area contributed by atoms with Gasteiger partial charge in [-0.05, 0) is 49.4 Å². The third-order valence-electron chi connectivity index (χ3n) is 8.47. The lowest BCUT2D eigenvalue weighted by atomic mass is 10.1. The van der Waals surface area contributed by atoms with Crippen molar-refractivity contribution in [2.45, 2.75) is 101 Å². The summed E-state index contributed by atoms with van der Waals surface area (Å²) in [7, 11) is -2.15. The van der Waals surface area contributed by atoms with E-state index in [9.17, 15) is 9.90 Å². The number of hydrogen-bond acceptors (Lipinski definition) is 8. The summed E-state index contributed by atoms with van der Waals surface area (Å²) in [6.45, 7) is 13.2. The van der Waals surface area contributed by atoms with Crippen LogP contribution in [0.25, 0.3) is 11.2 Å². The molecule has 0 amide bonds. The van der Waals surface area contributed by atoms with E-state index in [-0.39, 0.29) is 23.2 Å². The molecule has 5 unspecified atom stereocenters. The fourth-order valence-electron chi connectivity index (χ4n) is 5.11. The zero-order valence-electron chi connectivity index (χ0n) is 23.7. The molecule has 2 heterocycles. The van der Waals surface area contributed by atoms with Gasteiger partial charge in [0.2, 0.25) is 0 Å². The minimum Gasteiger partial charge on any atom is -0.481 e. The number of benzene rings is 1. The Morgan fingerprint density at radius 3 is 2.59 bits per heavy atom. The normalized spacial score (nSPS) is 25.2. The molecule has 1 aromatic carbocycles. The number of rotatable bonds is 10. The van der Waals surface area contributed by atoms with Crippen LogP contribution in [0.15, 0.2) is 35.5 Å². The molecule has 0 radical (unpaired) electrons. The molecule has 0 aliphatic heterocycles. The number of carboxylic acid groups (broad SMARTS) is 1. The van der Waals surface area contributed by atoms with Gasteiger partial charge in [0.05, 0.1) is 18.1 Å². The minimum absolute atomic E-state index is 0.00603. The van der Waals surface area contributed by atoms with Gasteiger partial charge in [-0.15, -0.1) is 5.10 Å². The molecule has 5 rings (SSSR count). The van der Waals surface area contributed by atoms with Crippen LogP contribution in [0.3, 0.4) is 0 Å². The maximum atomic E-state index is 12.1. The van der Waals surface area contributed by atoms with Crippen molar-refractivity contribution in [2.75, 3.05) is 11.1 Å². The monoisotopic (exact) mass is 568 g/mol. The van der Waals surface area contributed by atoms with Crippen molar-refractivity contribution in [3.8, 4) is 0 Å². The van der Waals surface area contributed by atoms with Crippen LogP contribution in [0.4, 0.5) is 5.82 Å². The second-order valence-electron chi connectivity index (χ2n) is 12.4. The van der Waals surface area contributed by atoms with Crippen LogP contribution in [0.2, 0.25) is 18.1 Å². The highest BCUT2D eigenvalue weighted by Gasteiger charge is 2.47. The van der Waals surface area contributed by atoms with E-state index in [0.29, 0.717) is 40.9 Å². The van der Waals surface area contributed by atoms with E-state index in [1.165, 1.54) is 5.56 Å². The number of carboxylic acids is 1. The molecule has 39 heavy (non-hydrogen) atoms. The highest BCUT2D eigenvalue weighted by atomic mass is 32.2. The van der Waals surface area contributed by atoms with Crippen LogP contribution in [0.5, 0.6) is 0 Å². The van der Waals surface area contributed by atoms with E-state index in [0.717, 1.165) is 18.6 Å². The zero-order valence-corrected chi connectivity index (χ0v) is 25.5. The number of carbonyl (C=O) groups is 1. The van der Waals surface area contributed by atoms with Gasteiger partial charge in [0.15, 0.2) is 30.5 Å². The molecule has 3 aromatic rings. The van der Waals surface area contributed by atoms with E-state index in [1.54, 1.807) is 11.8 Å². The van der Waals surface area contributed by atoms with Crippen LogP contribution >= 0.6 is 11.8 Å². The minimum atomic E-state index is -2.15. The molecule has 9 nitrogen and oxygen atoms in total. The van der Waals surface area contributed by atoms with Crippen molar-refractivity contribution in [3.63, 3.8) is 0 Å². The summed E-state index contributed by atoms with van der Waals surface area (Å²) in [4.78, 5) is 21.8. The number of aromatic nitrogens is 5. The van der Waals surface area contributed by atoms with Gasteiger partial charge in [-0.2, -0.15) is 0 Å². The number of fused-ring (bicyclic) bond motifs is 1. The third kappa shape index (κ3) is 5.85. The number of hydrogen-bond donors (Lipinski definition) is 2. The van der Waals surface area contributed by atoms with Crippen molar-refractivity contribution < 1.29 is 14.3 Å². The van der Waals surface area contributed by atoms with Crippen molar-refractivity contribution in [2.24, 2.45) is 5.92 Å². The molecule has 2 saturated carbocycles. The van der Waals surface area contributed by atoms with Gasteiger partial charge in [-0.25, -0.2) is 14.6 Å². The predicted octanol–water partition coefficient (Wildman–Crippen LogP) is 6.12. The number of thioether (sulfide) groups is 1. The first-order valence-electron chi connectivity index (χ1n) is 14.0. The van der Waals surface area contributed by atoms with Gasteiger partial charge in [-0.1, -0.05) is 75.0 Å². The average molecular weight is 569 g/mol. The van der Waals surface area contributed by atoms with E-state index >= 15 is 0 Å². The van der Waals surface area contributed by atoms with Gasteiger partial charge in [-0.3, -0.25) is 4.79 Å². The lowest BCUT2D eigenvalue weighted by Crippen LogP contribution is -2.45. The standard InChI is InChI=1S/C28H40N6O3SSi/c1-7-13-38-27-30-24(29-20-16-19(20)17-11-9-8-10-12-17)23-25(31-27)34(33-32-23)21-14-18(26(35)36)15-22(21)37-39(5,6)28(2,3)4/h8-12,18-22H,7,13-16H2,1-6H3,(H,35,36)(H,29,30,31). The molecule has 2 N–H and O–H groups in total. The van der Waals surface area contributed by atoms with Crippen molar-refractivity contribution in [3.05, 3.63) is 35.9 Å². The largest absolute Gasteiger partial charge is 0.481 e. The lowest BCUT2D eigenvalue weighted by Gasteiger charge is -2.39. The highest BCUT2D eigenvalue weighted by Crippen LogP contribution is 2.46. The van der Waals surface area contributed by atoms with Gasteiger partial charge < -0.3 is 14.8 Å². The van der Waals surface area contributed by atoms with Crippen LogP contribution in [0.1, 0.15) is 70.9 Å². The predicted molar refractivity (Wildman–Crippen MR) is 157 cm³/mol. The van der Waals surface area contributed by atoms with Crippen LogP contribution in [0, 0.1) is 5.92 Å². The smallest absolute Gasteiger partial charge is 0.306 e. The molecule has 5 atom stereocenters. The summed E-state index contributed by atoms with van der Waals surface area (Å²) < 4.78 is 8.63. The first kappa shape index (κ1) is 28.0. The van der Waals surface area contributed by atoms with Crippen molar-refractivity contribution in [1.82, 2.24) is 25.0 Å². The Bertz CT molecular complexity index is 1330. The van der Waals surface area contributed by atoms with Gasteiger partial charge >= 0.3 is 5.97 Å². The lowest BCUT2D eigenvalue weighted by molar-refractivity contribution is -0.141. The van der Waals surface area contributed by atoms with Gasteiger partial charge in [0.1, 0.15) is 0 Å². The summed E-state index contributed by atoms with van der Waals surface area (Å²) in [5.41, 5.74) is 2.59. The molecule has 2 aromatic heterocycles. The maximum Gasteiger partial charge on any atom is 0.306 e. The molecule has 0 spiro atoms. The summed E-state index contributed by atoms with van der Waals surface area (Å²) in [5.74, 6) is 0.761. The number of nitrogens with zero attached hydrogens (tertiary/aromatic N) is 5. The van der Waals surface area contributed by atoms with E-state index in [1.807, 2.05) is 10.7 Å². The fourth-order valence-corrected chi connectivity index (χ4v) is 7.17. The molecule has 210 valence electrons. The van der Waals surface area contributed by atoms with Gasteiger partial charge in [0, 0.05) is 17.7 Å². The fraction of sp³-hybridized carbons (Fsp3) is 0.607. The number of anilines is 1. The zero-order chi connectivity index (χ0) is 27.9. The Labute approximate surface area is 235 Å². The van der Waals surface area contributed by atoms with Crippen molar-refractivity contribution in [1.29, 1.82) is 0 Å². The molecule has 2 aliphatic rings. The van der Waals surface area contributed by atoms with Crippen LogP contribution in [-0.4, -0.2) is 62.3 Å².